The first-order valence-corrected chi connectivity index (χ1v) is 4.43. The van der Waals surface area contributed by atoms with Crippen LogP contribution >= 0.6 is 0 Å². The SMILES string of the molecule is NCC[C]=C(CN)c1ccccc1. The third-order valence-corrected chi connectivity index (χ3v) is 1.81. The second kappa shape index (κ2) is 5.51. The molecule has 2 nitrogen and oxygen atoms in total. The maximum atomic E-state index is 5.61. The van der Waals surface area contributed by atoms with E-state index < -0.39 is 0 Å². The Morgan fingerprint density at radius 3 is 2.38 bits per heavy atom. The zero-order chi connectivity index (χ0) is 9.52. The van der Waals surface area contributed by atoms with Crippen LogP contribution in [-0.4, -0.2) is 13.1 Å². The van der Waals surface area contributed by atoms with E-state index in [4.69, 9.17) is 11.5 Å². The molecule has 0 aliphatic carbocycles. The predicted molar refractivity (Wildman–Crippen MR) is 55.8 cm³/mol. The minimum atomic E-state index is 0.518. The zero-order valence-electron chi connectivity index (χ0n) is 7.66. The fourth-order valence-electron chi connectivity index (χ4n) is 1.15. The van der Waals surface area contributed by atoms with Gasteiger partial charge in [0.25, 0.3) is 0 Å². The van der Waals surface area contributed by atoms with Crippen molar-refractivity contribution in [2.45, 2.75) is 6.42 Å². The van der Waals surface area contributed by atoms with Crippen molar-refractivity contribution in [1.82, 2.24) is 0 Å². The van der Waals surface area contributed by atoms with Gasteiger partial charge in [-0.15, -0.1) is 0 Å². The van der Waals surface area contributed by atoms with E-state index in [9.17, 15) is 0 Å². The number of hydrogen-bond donors (Lipinski definition) is 2. The summed E-state index contributed by atoms with van der Waals surface area (Å²) in [5, 5.41) is 0. The van der Waals surface area contributed by atoms with Crippen LogP contribution in [0.2, 0.25) is 0 Å². The van der Waals surface area contributed by atoms with Crippen molar-refractivity contribution < 1.29 is 0 Å². The van der Waals surface area contributed by atoms with E-state index in [2.05, 4.69) is 6.08 Å². The highest BCUT2D eigenvalue weighted by Crippen LogP contribution is 2.11. The number of hydrogen-bond acceptors (Lipinski definition) is 2. The molecule has 2 heteroatoms. The van der Waals surface area contributed by atoms with Crippen LogP contribution in [0, 0.1) is 6.08 Å². The van der Waals surface area contributed by atoms with Crippen molar-refractivity contribution in [3.05, 3.63) is 42.0 Å². The van der Waals surface area contributed by atoms with Gasteiger partial charge in [0.05, 0.1) is 0 Å². The molecule has 1 aromatic rings. The van der Waals surface area contributed by atoms with Gasteiger partial charge in [-0.05, 0) is 30.2 Å². The fraction of sp³-hybridized carbons (Fsp3) is 0.273. The molecular formula is C11H15N2. The van der Waals surface area contributed by atoms with Gasteiger partial charge in [0.2, 0.25) is 0 Å². The second-order valence-electron chi connectivity index (χ2n) is 2.76. The van der Waals surface area contributed by atoms with Crippen molar-refractivity contribution in [3.8, 4) is 0 Å². The van der Waals surface area contributed by atoms with Crippen molar-refractivity contribution in [2.75, 3.05) is 13.1 Å². The first-order chi connectivity index (χ1) is 6.38. The molecule has 0 fully saturated rings. The lowest BCUT2D eigenvalue weighted by Crippen LogP contribution is -2.04. The van der Waals surface area contributed by atoms with Gasteiger partial charge < -0.3 is 11.5 Å². The van der Waals surface area contributed by atoms with E-state index in [1.807, 2.05) is 30.3 Å². The highest BCUT2D eigenvalue weighted by atomic mass is 14.5. The first-order valence-electron chi connectivity index (χ1n) is 4.43. The van der Waals surface area contributed by atoms with Crippen molar-refractivity contribution in [2.24, 2.45) is 11.5 Å². The number of nitrogens with two attached hydrogens (primary N) is 2. The molecule has 0 aliphatic rings. The molecule has 1 aromatic carbocycles. The van der Waals surface area contributed by atoms with E-state index in [1.54, 1.807) is 0 Å². The molecule has 1 radical (unpaired) electrons. The molecule has 0 aromatic heterocycles. The van der Waals surface area contributed by atoms with Crippen LogP contribution in [-0.2, 0) is 0 Å². The van der Waals surface area contributed by atoms with Crippen LogP contribution in [0.4, 0.5) is 0 Å². The molecule has 0 heterocycles. The normalized spacial score (nSPS) is 11.7. The van der Waals surface area contributed by atoms with Crippen molar-refractivity contribution in [3.63, 3.8) is 0 Å². The molecule has 0 bridgehead atoms. The summed E-state index contributed by atoms with van der Waals surface area (Å²) in [5.41, 5.74) is 13.2. The Morgan fingerprint density at radius 1 is 1.15 bits per heavy atom. The molecule has 0 unspecified atom stereocenters. The average Bonchev–Trinajstić information content (AvgIpc) is 2.21. The van der Waals surface area contributed by atoms with E-state index in [-0.39, 0.29) is 0 Å². The van der Waals surface area contributed by atoms with Crippen molar-refractivity contribution in [1.29, 1.82) is 0 Å². The molecule has 0 saturated carbocycles. The second-order valence-corrected chi connectivity index (χ2v) is 2.76. The lowest BCUT2D eigenvalue weighted by Gasteiger charge is -2.03. The van der Waals surface area contributed by atoms with Gasteiger partial charge in [0, 0.05) is 6.54 Å². The highest BCUT2D eigenvalue weighted by molar-refractivity contribution is 5.64. The first kappa shape index (κ1) is 9.96. The van der Waals surface area contributed by atoms with Crippen molar-refractivity contribution >= 4 is 5.57 Å². The van der Waals surface area contributed by atoms with Gasteiger partial charge >= 0.3 is 0 Å². The van der Waals surface area contributed by atoms with Gasteiger partial charge in [-0.1, -0.05) is 30.3 Å². The van der Waals surface area contributed by atoms with E-state index in [0.29, 0.717) is 13.1 Å². The number of benzene rings is 1. The molecule has 0 spiro atoms. The van der Waals surface area contributed by atoms with Gasteiger partial charge in [-0.3, -0.25) is 0 Å². The van der Waals surface area contributed by atoms with Crippen LogP contribution in [0.1, 0.15) is 12.0 Å². The van der Waals surface area contributed by atoms with Gasteiger partial charge in [-0.25, -0.2) is 0 Å². The maximum absolute atomic E-state index is 5.61. The molecular weight excluding hydrogens is 160 g/mol. The third-order valence-electron chi connectivity index (χ3n) is 1.81. The smallest absolute Gasteiger partial charge is 0.0186 e. The van der Waals surface area contributed by atoms with Crippen LogP contribution < -0.4 is 11.5 Å². The summed E-state index contributed by atoms with van der Waals surface area (Å²) in [6.07, 6.45) is 3.97. The molecule has 0 atom stereocenters. The fourth-order valence-corrected chi connectivity index (χ4v) is 1.15. The van der Waals surface area contributed by atoms with Gasteiger partial charge in [0.1, 0.15) is 0 Å². The summed E-state index contributed by atoms with van der Waals surface area (Å²) in [6.45, 7) is 1.14. The topological polar surface area (TPSA) is 52.0 Å². The quantitative estimate of drug-likeness (QED) is 0.722. The lowest BCUT2D eigenvalue weighted by atomic mass is 10.1. The Labute approximate surface area is 79.2 Å². The Bertz CT molecular complexity index is 265. The average molecular weight is 175 g/mol. The summed E-state index contributed by atoms with van der Waals surface area (Å²) in [4.78, 5) is 0. The molecule has 0 amide bonds. The summed E-state index contributed by atoms with van der Waals surface area (Å²) >= 11 is 0. The molecule has 1 rings (SSSR count). The van der Waals surface area contributed by atoms with Crippen LogP contribution in [0.15, 0.2) is 30.3 Å². The zero-order valence-corrected chi connectivity index (χ0v) is 7.66. The molecule has 0 saturated heterocycles. The number of rotatable bonds is 4. The Morgan fingerprint density at radius 2 is 1.85 bits per heavy atom. The molecule has 0 aliphatic heterocycles. The Balaban J connectivity index is 2.78. The molecule has 4 N–H and O–H groups in total. The largest absolute Gasteiger partial charge is 0.330 e. The summed E-state index contributed by atoms with van der Waals surface area (Å²) in [7, 11) is 0. The van der Waals surface area contributed by atoms with Crippen LogP contribution in [0.25, 0.3) is 5.57 Å². The van der Waals surface area contributed by atoms with E-state index >= 15 is 0 Å². The summed E-state index contributed by atoms with van der Waals surface area (Å²) in [5.74, 6) is 0. The Kier molecular flexibility index (Phi) is 4.23. The summed E-state index contributed by atoms with van der Waals surface area (Å²) < 4.78 is 0. The predicted octanol–water partition coefficient (Wildman–Crippen LogP) is 1.18. The Hall–Kier alpha value is -1.12. The maximum Gasteiger partial charge on any atom is 0.0186 e. The monoisotopic (exact) mass is 175 g/mol. The minimum absolute atomic E-state index is 0.518. The molecule has 69 valence electrons. The standard InChI is InChI=1S/C11H15N2/c12-8-4-7-11(9-13)10-5-2-1-3-6-10/h1-3,5-6H,4,8-9,12-13H2. The van der Waals surface area contributed by atoms with E-state index in [0.717, 1.165) is 17.6 Å². The van der Waals surface area contributed by atoms with Gasteiger partial charge in [-0.2, -0.15) is 0 Å². The van der Waals surface area contributed by atoms with Gasteiger partial charge in [0.15, 0.2) is 0 Å². The van der Waals surface area contributed by atoms with Crippen LogP contribution in [0.5, 0.6) is 0 Å². The highest BCUT2D eigenvalue weighted by Gasteiger charge is 1.96. The lowest BCUT2D eigenvalue weighted by molar-refractivity contribution is 0.985. The minimum Gasteiger partial charge on any atom is -0.330 e. The van der Waals surface area contributed by atoms with E-state index in [1.165, 1.54) is 0 Å². The third kappa shape index (κ3) is 3.01. The van der Waals surface area contributed by atoms with Crippen LogP contribution in [0.3, 0.4) is 0 Å². The summed E-state index contributed by atoms with van der Waals surface area (Å²) in [6, 6.07) is 10.0. The molecule has 13 heavy (non-hydrogen) atoms.